The molecule has 2 aromatic carbocycles. The van der Waals surface area contributed by atoms with Crippen molar-refractivity contribution >= 4 is 28.6 Å². The number of halogens is 1. The molecule has 0 saturated carbocycles. The first kappa shape index (κ1) is 17.4. The Morgan fingerprint density at radius 3 is 2.72 bits per heavy atom. The predicted octanol–water partition coefficient (Wildman–Crippen LogP) is 3.10. The number of hydrogen-bond acceptors (Lipinski definition) is 6. The largest absolute Gasteiger partial charge is 0.368 e. The fraction of sp³-hybridized carbons (Fsp3) is 0.190. The molecule has 3 N–H and O–H groups in total. The SMILES string of the molecule is Nc1nc(N2CCN(Cc3ccc(F)cc3)c3ccccc3C2)c2[nH]cnc2n1. The lowest BCUT2D eigenvalue weighted by Gasteiger charge is -2.25. The molecular weight excluding hydrogens is 369 g/mol. The van der Waals surface area contributed by atoms with Gasteiger partial charge in [-0.15, -0.1) is 0 Å². The van der Waals surface area contributed by atoms with Gasteiger partial charge >= 0.3 is 0 Å². The van der Waals surface area contributed by atoms with E-state index >= 15 is 0 Å². The van der Waals surface area contributed by atoms with Crippen LogP contribution in [0.2, 0.25) is 0 Å². The molecule has 2 aromatic heterocycles. The van der Waals surface area contributed by atoms with Crippen LogP contribution in [-0.2, 0) is 13.1 Å². The van der Waals surface area contributed by atoms with Crippen molar-refractivity contribution in [1.29, 1.82) is 0 Å². The first-order valence-corrected chi connectivity index (χ1v) is 9.46. The van der Waals surface area contributed by atoms with Crippen LogP contribution in [-0.4, -0.2) is 33.0 Å². The van der Waals surface area contributed by atoms with E-state index in [1.54, 1.807) is 6.33 Å². The Labute approximate surface area is 167 Å². The molecule has 1 aliphatic heterocycles. The van der Waals surface area contributed by atoms with E-state index < -0.39 is 0 Å². The second kappa shape index (κ2) is 7.05. The topological polar surface area (TPSA) is 87.0 Å². The van der Waals surface area contributed by atoms with Crippen LogP contribution in [0, 0.1) is 5.82 Å². The van der Waals surface area contributed by atoms with Gasteiger partial charge in [-0.2, -0.15) is 9.97 Å². The predicted molar refractivity (Wildman–Crippen MR) is 111 cm³/mol. The van der Waals surface area contributed by atoms with Crippen molar-refractivity contribution in [3.63, 3.8) is 0 Å². The smallest absolute Gasteiger partial charge is 0.224 e. The van der Waals surface area contributed by atoms with Gasteiger partial charge in [0.05, 0.1) is 6.33 Å². The average Bonchev–Trinajstić information content (AvgIpc) is 3.12. The highest BCUT2D eigenvalue weighted by Crippen LogP contribution is 2.30. The van der Waals surface area contributed by atoms with Gasteiger partial charge in [0.25, 0.3) is 0 Å². The van der Waals surface area contributed by atoms with Crippen molar-refractivity contribution in [1.82, 2.24) is 19.9 Å². The van der Waals surface area contributed by atoms with E-state index in [1.165, 1.54) is 23.4 Å². The zero-order chi connectivity index (χ0) is 19.8. The van der Waals surface area contributed by atoms with E-state index in [9.17, 15) is 4.39 Å². The molecule has 0 aliphatic carbocycles. The molecule has 8 heteroatoms. The molecule has 146 valence electrons. The Balaban J connectivity index is 1.50. The van der Waals surface area contributed by atoms with Gasteiger partial charge in [-0.25, -0.2) is 9.37 Å². The maximum absolute atomic E-state index is 13.3. The Hall–Kier alpha value is -3.68. The normalized spacial score (nSPS) is 14.1. The van der Waals surface area contributed by atoms with E-state index in [0.29, 0.717) is 18.7 Å². The van der Waals surface area contributed by atoms with Crippen molar-refractivity contribution in [3.05, 3.63) is 71.8 Å². The molecule has 0 amide bonds. The molecule has 0 radical (unpaired) electrons. The maximum atomic E-state index is 13.3. The molecule has 5 rings (SSSR count). The van der Waals surface area contributed by atoms with Crippen molar-refractivity contribution in [2.75, 3.05) is 28.6 Å². The minimum atomic E-state index is -0.221. The highest BCUT2D eigenvalue weighted by atomic mass is 19.1. The minimum Gasteiger partial charge on any atom is -0.368 e. The van der Waals surface area contributed by atoms with Crippen molar-refractivity contribution in [2.24, 2.45) is 0 Å². The number of rotatable bonds is 3. The molecule has 0 spiro atoms. The summed E-state index contributed by atoms with van der Waals surface area (Å²) >= 11 is 0. The highest BCUT2D eigenvalue weighted by Gasteiger charge is 2.23. The third-order valence-corrected chi connectivity index (χ3v) is 5.20. The Morgan fingerprint density at radius 1 is 1.03 bits per heavy atom. The summed E-state index contributed by atoms with van der Waals surface area (Å²) in [6.07, 6.45) is 1.61. The van der Waals surface area contributed by atoms with Crippen LogP contribution >= 0.6 is 0 Å². The van der Waals surface area contributed by atoms with E-state index in [4.69, 9.17) is 5.73 Å². The van der Waals surface area contributed by atoms with Crippen LogP contribution in [0.1, 0.15) is 11.1 Å². The summed E-state index contributed by atoms with van der Waals surface area (Å²) in [5.41, 5.74) is 10.7. The number of aromatic nitrogens is 4. The molecule has 7 nitrogen and oxygen atoms in total. The number of imidazole rings is 1. The standard InChI is InChI=1S/C21H20FN7/c22-16-7-5-14(6-8-16)11-28-9-10-29(12-15-3-1-2-4-17(15)28)20-18-19(25-13-24-18)26-21(23)27-20/h1-8,13H,9-12H2,(H3,23,24,25,26,27). The number of nitrogens with one attached hydrogen (secondary N) is 1. The zero-order valence-corrected chi connectivity index (χ0v) is 15.7. The van der Waals surface area contributed by atoms with Crippen LogP contribution in [0.3, 0.4) is 0 Å². The molecule has 0 unspecified atom stereocenters. The lowest BCUT2D eigenvalue weighted by atomic mass is 10.1. The second-order valence-electron chi connectivity index (χ2n) is 7.10. The Bertz CT molecular complexity index is 1160. The number of hydrogen-bond donors (Lipinski definition) is 2. The third-order valence-electron chi connectivity index (χ3n) is 5.20. The molecule has 0 fully saturated rings. The van der Waals surface area contributed by atoms with Gasteiger partial charge in [0.1, 0.15) is 11.3 Å². The first-order chi connectivity index (χ1) is 14.2. The van der Waals surface area contributed by atoms with Crippen LogP contribution < -0.4 is 15.5 Å². The van der Waals surface area contributed by atoms with Crippen molar-refractivity contribution in [2.45, 2.75) is 13.1 Å². The van der Waals surface area contributed by atoms with Gasteiger partial charge in [-0.1, -0.05) is 30.3 Å². The fourth-order valence-corrected chi connectivity index (χ4v) is 3.82. The van der Waals surface area contributed by atoms with Crippen molar-refractivity contribution < 1.29 is 4.39 Å². The minimum absolute atomic E-state index is 0.209. The monoisotopic (exact) mass is 389 g/mol. The van der Waals surface area contributed by atoms with Crippen LogP contribution in [0.5, 0.6) is 0 Å². The Kier molecular flexibility index (Phi) is 4.23. The molecule has 3 heterocycles. The maximum Gasteiger partial charge on any atom is 0.224 e. The van der Waals surface area contributed by atoms with Gasteiger partial charge in [0, 0.05) is 31.9 Å². The van der Waals surface area contributed by atoms with Crippen LogP contribution in [0.15, 0.2) is 54.9 Å². The Morgan fingerprint density at radius 2 is 1.86 bits per heavy atom. The number of benzene rings is 2. The van der Waals surface area contributed by atoms with E-state index in [1.807, 2.05) is 24.3 Å². The van der Waals surface area contributed by atoms with E-state index in [2.05, 4.69) is 41.9 Å². The van der Waals surface area contributed by atoms with Gasteiger partial charge in [0.2, 0.25) is 5.95 Å². The number of H-pyrrole nitrogens is 1. The van der Waals surface area contributed by atoms with Crippen LogP contribution in [0.4, 0.5) is 21.8 Å². The molecule has 0 bridgehead atoms. The van der Waals surface area contributed by atoms with Crippen LogP contribution in [0.25, 0.3) is 11.2 Å². The number of nitrogen functional groups attached to an aromatic ring is 1. The van der Waals surface area contributed by atoms with E-state index in [0.717, 1.165) is 30.0 Å². The number of anilines is 3. The number of nitrogens with zero attached hydrogens (tertiary/aromatic N) is 5. The molecule has 29 heavy (non-hydrogen) atoms. The summed E-state index contributed by atoms with van der Waals surface area (Å²) in [5.74, 6) is 0.741. The summed E-state index contributed by atoms with van der Waals surface area (Å²) in [7, 11) is 0. The molecule has 1 aliphatic rings. The summed E-state index contributed by atoms with van der Waals surface area (Å²) in [4.78, 5) is 20.6. The fourth-order valence-electron chi connectivity index (χ4n) is 3.82. The average molecular weight is 389 g/mol. The first-order valence-electron chi connectivity index (χ1n) is 9.46. The van der Waals surface area contributed by atoms with E-state index in [-0.39, 0.29) is 11.8 Å². The van der Waals surface area contributed by atoms with Gasteiger partial charge in [-0.3, -0.25) is 0 Å². The lowest BCUT2D eigenvalue weighted by molar-refractivity contribution is 0.626. The second-order valence-corrected chi connectivity index (χ2v) is 7.10. The number of nitrogens with two attached hydrogens (primary N) is 1. The molecule has 4 aromatic rings. The quantitative estimate of drug-likeness (QED) is 0.560. The summed E-state index contributed by atoms with van der Waals surface area (Å²) in [6, 6.07) is 15.0. The van der Waals surface area contributed by atoms with Crippen molar-refractivity contribution in [3.8, 4) is 0 Å². The number of fused-ring (bicyclic) bond motifs is 2. The zero-order valence-electron chi connectivity index (χ0n) is 15.7. The number of para-hydroxylation sites is 1. The number of aromatic amines is 1. The molecule has 0 saturated heterocycles. The van der Waals surface area contributed by atoms with Gasteiger partial charge < -0.3 is 20.5 Å². The summed E-state index contributed by atoms with van der Waals surface area (Å²) in [6.45, 7) is 2.94. The molecular formula is C21H20FN7. The van der Waals surface area contributed by atoms with Gasteiger partial charge in [-0.05, 0) is 29.3 Å². The third kappa shape index (κ3) is 3.33. The highest BCUT2D eigenvalue weighted by molar-refractivity contribution is 5.84. The summed E-state index contributed by atoms with van der Waals surface area (Å²) < 4.78 is 13.3. The lowest BCUT2D eigenvalue weighted by Crippen LogP contribution is -2.32. The molecule has 0 atom stereocenters. The van der Waals surface area contributed by atoms with Gasteiger partial charge in [0.15, 0.2) is 11.5 Å². The summed E-state index contributed by atoms with van der Waals surface area (Å²) in [5, 5.41) is 0.